The van der Waals surface area contributed by atoms with E-state index in [0.717, 1.165) is 39.0 Å². The number of rotatable bonds is 38. The highest BCUT2D eigenvalue weighted by molar-refractivity contribution is 6.22. The summed E-state index contributed by atoms with van der Waals surface area (Å²) >= 11 is 0. The lowest BCUT2D eigenvalue weighted by Crippen LogP contribution is -2.72. The number of benzene rings is 10. The van der Waals surface area contributed by atoms with Crippen LogP contribution in [0.5, 0.6) is 11.5 Å². The lowest BCUT2D eigenvalue weighted by Gasteiger charge is -2.53. The van der Waals surface area contributed by atoms with Gasteiger partial charge in [-0.1, -0.05) is 237 Å². The number of amides is 4. The molecular weight excluding hydrogens is 1650 g/mol. The van der Waals surface area contributed by atoms with E-state index in [4.69, 9.17) is 85.3 Å². The number of hydrogen-bond acceptors (Lipinski definition) is 26. The molecule has 0 unspecified atom stereocenters. The van der Waals surface area contributed by atoms with Gasteiger partial charge in [-0.15, -0.1) is 0 Å². The lowest BCUT2D eigenvalue weighted by atomic mass is 9.92. The van der Waals surface area contributed by atoms with Gasteiger partial charge in [0, 0.05) is 13.8 Å². The van der Waals surface area contributed by atoms with Crippen LogP contribution in [0.4, 0.5) is 0 Å². The van der Waals surface area contributed by atoms with Gasteiger partial charge in [-0.25, -0.2) is 0 Å². The Bertz CT molecular complexity index is 5220. The zero-order valence-corrected chi connectivity index (χ0v) is 70.5. The van der Waals surface area contributed by atoms with Crippen LogP contribution in [0.1, 0.15) is 94.2 Å². The third-order valence-electron chi connectivity index (χ3n) is 23.0. The van der Waals surface area contributed by atoms with E-state index in [1.54, 1.807) is 84.9 Å². The highest BCUT2D eigenvalue weighted by Crippen LogP contribution is 2.44. The molecule has 28 heteroatoms. The predicted octanol–water partition coefficient (Wildman–Crippen LogP) is 11.7. The molecule has 4 amide bonds. The Kier molecular flexibility index (Phi) is 30.1. The Balaban J connectivity index is 0.835. The number of methoxy groups -OCH3 is 1. The van der Waals surface area contributed by atoms with Gasteiger partial charge in [0.25, 0.3) is 23.6 Å². The monoisotopic (exact) mass is 1740 g/mol. The van der Waals surface area contributed by atoms with Crippen molar-refractivity contribution in [3.8, 4) is 11.5 Å². The lowest BCUT2D eigenvalue weighted by molar-refractivity contribution is -0.387. The Morgan fingerprint density at radius 1 is 0.312 bits per heavy atom. The van der Waals surface area contributed by atoms with Gasteiger partial charge in [-0.3, -0.25) is 38.6 Å². The summed E-state index contributed by atoms with van der Waals surface area (Å²) in [4.78, 5) is 93.4. The van der Waals surface area contributed by atoms with Crippen LogP contribution in [0.15, 0.2) is 285 Å². The third-order valence-corrected chi connectivity index (χ3v) is 23.0. The number of ether oxygens (including phenoxy) is 18. The van der Waals surface area contributed by atoms with Crippen LogP contribution in [0.25, 0.3) is 0 Å². The fraction of sp³-hybridized carbons (Fsp3) is 0.340. The zero-order chi connectivity index (χ0) is 88.4. The molecule has 16 rings (SSSR count). The second kappa shape index (κ2) is 43.0. The molecule has 4 saturated heterocycles. The largest absolute Gasteiger partial charge is 0.497 e. The van der Waals surface area contributed by atoms with Crippen molar-refractivity contribution in [1.29, 1.82) is 0 Å². The number of fused-ring (bicyclic) bond motifs is 2. The van der Waals surface area contributed by atoms with Gasteiger partial charge in [-0.2, -0.15) is 0 Å². The number of aliphatic hydroxyl groups is 2. The van der Waals surface area contributed by atoms with Crippen molar-refractivity contribution in [1.82, 2.24) is 9.80 Å². The molecule has 0 spiro atoms. The van der Waals surface area contributed by atoms with E-state index in [1.807, 2.05) is 188 Å². The van der Waals surface area contributed by atoms with Crippen molar-refractivity contribution in [2.24, 2.45) is 0 Å². The third kappa shape index (κ3) is 21.4. The molecule has 0 saturated carbocycles. The van der Waals surface area contributed by atoms with Crippen molar-refractivity contribution < 1.29 is 124 Å². The fourth-order valence-electron chi connectivity index (χ4n) is 16.8. The molecule has 0 radical (unpaired) electrons. The quantitative estimate of drug-likeness (QED) is 0.0268. The van der Waals surface area contributed by atoms with Gasteiger partial charge in [-0.05, 0) is 87.5 Å². The summed E-state index contributed by atoms with van der Waals surface area (Å²) in [5.74, 6) is -4.18. The molecule has 0 aliphatic carbocycles. The van der Waals surface area contributed by atoms with Crippen molar-refractivity contribution in [2.45, 2.75) is 183 Å². The molecule has 6 aliphatic rings. The average molecular weight is 1750 g/mol. The molecule has 0 bridgehead atoms. The van der Waals surface area contributed by atoms with Crippen molar-refractivity contribution >= 4 is 35.6 Å². The van der Waals surface area contributed by atoms with E-state index in [1.165, 1.54) is 26.2 Å². The molecule has 2 N–H and O–H groups in total. The maximum absolute atomic E-state index is 16.1. The first-order chi connectivity index (χ1) is 62.6. The average Bonchev–Trinajstić information content (AvgIpc) is 1.52. The minimum atomic E-state index is -2.01. The molecule has 6 aliphatic heterocycles. The minimum absolute atomic E-state index is 0.0126. The first-order valence-corrected chi connectivity index (χ1v) is 42.6. The highest BCUT2D eigenvalue weighted by Gasteiger charge is 2.63. The number of nitrogens with zero attached hydrogens (tertiary/aromatic N) is 2. The number of hydrogen-bond donors (Lipinski definition) is 2. The molecule has 28 nitrogen and oxygen atoms in total. The van der Waals surface area contributed by atoms with Crippen LogP contribution in [-0.2, 0) is 132 Å². The summed E-state index contributed by atoms with van der Waals surface area (Å²) in [7, 11) is 1.51. The molecule has 4 fully saturated rings. The summed E-state index contributed by atoms with van der Waals surface area (Å²) in [6, 6.07) is 80.4. The standard InChI is InChI=1S/C100H100N2O26/c1-62(104)119-91-89(128-100-92(120-63(2)105)90(118-58-70-41-23-10-24-42-70)84(115-55-67-35-17-7-18-36-67)78(125-100)59-112-52-64-29-11-4-12-30-64)83(106)77(51-103)122-99(91)127-86-80(61-114-54-66-33-15-6-16-34-66)124-98(82(88(86)117-57-69-39-21-9-22-40-69)102-95(109)75-45-27-28-46-76(75)96(102)110)126-85-79(60-113-53-65-31-13-5-14-32-65)123-97(121-72-49-47-71(111-3)48-50-72)81(87(85)116-56-68-37-19-8-20-38-68)101-93(107)73-43-25-26-44-74(73)94(101)108/h4-50,77-92,97-100,103,106H,51-61H2,1-3H3/t77-,78-,79-,80-,81-,82-,83-,84-,85-,86-,87-,88-,89+,90+,91+,92+,97-,98+,99+,100-/m1/s1. The topological polar surface area (TPSA) is 315 Å². The SMILES string of the molecule is COc1ccc(O[C@@H]2O[C@H](COCc3ccccc3)[C@@H](O[C@@H]3O[C@H](COCc4ccccc4)[C@@H](O[C@@H]4O[C@H](CO)[C@@H](O)[C@H](O[C@H]5O[C@H](COCc6ccccc6)[C@@H](OCc6ccccc6)[C@H](OCc6ccccc6)[C@@H]5OC(C)=O)[C@@H]4OC(C)=O)[C@H](OCc4ccccc4)[C@H]3N3C(=O)c4ccccc4C3=O)[C@H](OCc3ccccc3)[C@H]2N2C(=O)c3ccccc3C2=O)cc1. The van der Waals surface area contributed by atoms with Gasteiger partial charge < -0.3 is 95.5 Å². The second-order valence-corrected chi connectivity index (χ2v) is 31.7. The van der Waals surface area contributed by atoms with Gasteiger partial charge in [0.15, 0.2) is 31.1 Å². The first-order valence-electron chi connectivity index (χ1n) is 42.6. The van der Waals surface area contributed by atoms with Crippen molar-refractivity contribution in [3.05, 3.63) is 346 Å². The summed E-state index contributed by atoms with van der Waals surface area (Å²) in [5, 5.41) is 24.7. The highest BCUT2D eigenvalue weighted by atomic mass is 16.8. The van der Waals surface area contributed by atoms with Crippen LogP contribution >= 0.6 is 0 Å². The Hall–Kier alpha value is -11.6. The Labute approximate surface area is 740 Å². The normalized spacial score (nSPS) is 26.8. The molecule has 666 valence electrons. The van der Waals surface area contributed by atoms with Crippen molar-refractivity contribution in [2.75, 3.05) is 33.5 Å². The van der Waals surface area contributed by atoms with E-state index in [2.05, 4.69) is 0 Å². The van der Waals surface area contributed by atoms with Crippen LogP contribution in [0.3, 0.4) is 0 Å². The van der Waals surface area contributed by atoms with E-state index < -0.39 is 171 Å². The maximum atomic E-state index is 16.1. The Morgan fingerprint density at radius 3 is 0.953 bits per heavy atom. The van der Waals surface area contributed by atoms with Gasteiger partial charge in [0.2, 0.25) is 6.29 Å². The number of aliphatic hydroxyl groups excluding tert-OH is 2. The molecule has 0 aromatic heterocycles. The van der Waals surface area contributed by atoms with Crippen LogP contribution in [-0.4, -0.2) is 212 Å². The van der Waals surface area contributed by atoms with Crippen LogP contribution < -0.4 is 9.47 Å². The molecule has 10 aromatic rings. The first kappa shape index (κ1) is 89.8. The minimum Gasteiger partial charge on any atom is -0.497 e. The van der Waals surface area contributed by atoms with Crippen LogP contribution in [0.2, 0.25) is 0 Å². The fourth-order valence-corrected chi connectivity index (χ4v) is 16.8. The number of carbonyl (C=O) groups excluding carboxylic acids is 6. The summed E-state index contributed by atoms with van der Waals surface area (Å²) in [6.07, 6.45) is -29.5. The van der Waals surface area contributed by atoms with E-state index >= 15 is 19.2 Å². The van der Waals surface area contributed by atoms with Gasteiger partial charge in [0.1, 0.15) is 96.8 Å². The molecule has 20 atom stereocenters. The van der Waals surface area contributed by atoms with E-state index in [9.17, 15) is 19.8 Å². The molecule has 10 aromatic carbocycles. The number of esters is 2. The molecular formula is C100H100N2O26. The van der Waals surface area contributed by atoms with E-state index in [-0.39, 0.29) is 87.5 Å². The van der Waals surface area contributed by atoms with E-state index in [0.29, 0.717) is 22.4 Å². The maximum Gasteiger partial charge on any atom is 0.303 e. The summed E-state index contributed by atoms with van der Waals surface area (Å²) in [5.41, 5.74) is 5.16. The predicted molar refractivity (Wildman–Crippen MR) is 457 cm³/mol. The smallest absolute Gasteiger partial charge is 0.303 e. The second-order valence-electron chi connectivity index (χ2n) is 31.7. The van der Waals surface area contributed by atoms with Crippen molar-refractivity contribution in [3.63, 3.8) is 0 Å². The molecule has 6 heterocycles. The number of carbonyl (C=O) groups is 6. The number of imide groups is 2. The summed E-state index contributed by atoms with van der Waals surface area (Å²) < 4.78 is 124. The summed E-state index contributed by atoms with van der Waals surface area (Å²) in [6.45, 7) is -0.140. The van der Waals surface area contributed by atoms with Gasteiger partial charge in [0.05, 0.1) is 102 Å². The Morgan fingerprint density at radius 2 is 0.594 bits per heavy atom. The van der Waals surface area contributed by atoms with Crippen LogP contribution in [0, 0.1) is 0 Å². The van der Waals surface area contributed by atoms with Gasteiger partial charge >= 0.3 is 11.9 Å². The molecule has 128 heavy (non-hydrogen) atoms. The zero-order valence-electron chi connectivity index (χ0n) is 70.5.